The Kier molecular flexibility index (Phi) is 5.51. The van der Waals surface area contributed by atoms with E-state index in [0.717, 1.165) is 11.4 Å². The zero-order chi connectivity index (χ0) is 15.3. The maximum atomic E-state index is 12.3. The van der Waals surface area contributed by atoms with Crippen molar-refractivity contribution in [1.82, 2.24) is 20.0 Å². The normalized spacial score (nSPS) is 11.7. The van der Waals surface area contributed by atoms with Crippen LogP contribution >= 0.6 is 15.9 Å². The number of nitrogens with zero attached hydrogens (tertiary/aromatic N) is 1. The van der Waals surface area contributed by atoms with Gasteiger partial charge in [-0.15, -0.1) is 0 Å². The highest BCUT2D eigenvalue weighted by Gasteiger charge is 2.17. The van der Waals surface area contributed by atoms with E-state index in [1.54, 1.807) is 30.6 Å². The first kappa shape index (κ1) is 16.2. The molecule has 1 aromatic heterocycles. The summed E-state index contributed by atoms with van der Waals surface area (Å²) in [6, 6.07) is 5.20. The van der Waals surface area contributed by atoms with Gasteiger partial charge in [0.05, 0.1) is 4.90 Å². The molecule has 0 aliphatic rings. The minimum atomic E-state index is -3.53. The van der Waals surface area contributed by atoms with E-state index in [2.05, 4.69) is 35.9 Å². The van der Waals surface area contributed by atoms with E-state index in [9.17, 15) is 8.42 Å². The molecule has 0 radical (unpaired) electrons. The highest BCUT2D eigenvalue weighted by Crippen LogP contribution is 2.23. The Balaban J connectivity index is 2.04. The fourth-order valence-corrected chi connectivity index (χ4v) is 4.05. The fourth-order valence-electron chi connectivity index (χ4n) is 1.89. The van der Waals surface area contributed by atoms with E-state index in [1.165, 1.54) is 0 Å². The number of imidazole rings is 1. The number of benzene rings is 1. The van der Waals surface area contributed by atoms with Crippen molar-refractivity contribution < 1.29 is 8.42 Å². The first-order valence-electron chi connectivity index (χ1n) is 6.44. The zero-order valence-electron chi connectivity index (χ0n) is 11.6. The van der Waals surface area contributed by atoms with Crippen LogP contribution in [0.15, 0.2) is 40.0 Å². The monoisotopic (exact) mass is 372 g/mol. The number of halogens is 1. The van der Waals surface area contributed by atoms with Crippen molar-refractivity contribution in [2.45, 2.75) is 17.9 Å². The van der Waals surface area contributed by atoms with Gasteiger partial charge in [0.2, 0.25) is 10.0 Å². The molecule has 0 bridgehead atoms. The van der Waals surface area contributed by atoms with Crippen LogP contribution in [0.2, 0.25) is 0 Å². The maximum absolute atomic E-state index is 12.3. The molecule has 0 saturated carbocycles. The van der Waals surface area contributed by atoms with Gasteiger partial charge in [0.15, 0.2) is 0 Å². The molecule has 1 aromatic carbocycles. The molecule has 2 rings (SSSR count). The molecule has 2 aromatic rings. The van der Waals surface area contributed by atoms with Gasteiger partial charge >= 0.3 is 0 Å². The van der Waals surface area contributed by atoms with Crippen molar-refractivity contribution in [2.24, 2.45) is 0 Å². The molecule has 1 heterocycles. The first-order valence-corrected chi connectivity index (χ1v) is 8.71. The molecule has 3 N–H and O–H groups in total. The lowest BCUT2D eigenvalue weighted by Gasteiger charge is -2.09. The molecule has 6 nitrogen and oxygen atoms in total. The number of H-pyrrole nitrogens is 1. The Morgan fingerprint density at radius 3 is 2.81 bits per heavy atom. The van der Waals surface area contributed by atoms with Crippen LogP contribution in [0.4, 0.5) is 0 Å². The van der Waals surface area contributed by atoms with Crippen LogP contribution in [0.1, 0.15) is 11.4 Å². The van der Waals surface area contributed by atoms with Gasteiger partial charge in [-0.05, 0) is 40.7 Å². The van der Waals surface area contributed by atoms with Crippen LogP contribution in [0.3, 0.4) is 0 Å². The molecule has 0 unspecified atom stereocenters. The summed E-state index contributed by atoms with van der Waals surface area (Å²) in [5, 5.41) is 3.02. The predicted octanol–water partition coefficient (Wildman–Crippen LogP) is 1.41. The van der Waals surface area contributed by atoms with E-state index in [4.69, 9.17) is 0 Å². The second-order valence-electron chi connectivity index (χ2n) is 4.48. The van der Waals surface area contributed by atoms with Crippen LogP contribution in [0.5, 0.6) is 0 Å². The first-order chi connectivity index (χ1) is 10.0. The van der Waals surface area contributed by atoms with Crippen molar-refractivity contribution in [3.05, 3.63) is 46.5 Å². The summed E-state index contributed by atoms with van der Waals surface area (Å²) in [6.45, 7) is 0.978. The second-order valence-corrected chi connectivity index (χ2v) is 7.07. The number of nitrogens with one attached hydrogen (secondary N) is 3. The smallest absolute Gasteiger partial charge is 0.241 e. The van der Waals surface area contributed by atoms with E-state index < -0.39 is 10.0 Å². The van der Waals surface area contributed by atoms with Crippen LogP contribution in [0, 0.1) is 0 Å². The number of aromatic nitrogens is 2. The summed E-state index contributed by atoms with van der Waals surface area (Å²) in [5.41, 5.74) is 1.01. The highest BCUT2D eigenvalue weighted by molar-refractivity contribution is 9.10. The topological polar surface area (TPSA) is 86.9 Å². The second kappa shape index (κ2) is 7.17. The van der Waals surface area contributed by atoms with Gasteiger partial charge in [0.25, 0.3) is 0 Å². The number of sulfonamides is 1. The Bertz CT molecular complexity index is 686. The zero-order valence-corrected chi connectivity index (χ0v) is 14.0. The van der Waals surface area contributed by atoms with Crippen LogP contribution in [-0.2, 0) is 23.0 Å². The summed E-state index contributed by atoms with van der Waals surface area (Å²) in [4.78, 5) is 7.22. The standard InChI is InChI=1S/C13H17BrN4O2S/c1-15-9-10-2-3-12(11(14)8-10)21(19,20)18-5-4-13-16-6-7-17-13/h2-3,6-8,15,18H,4-5,9H2,1H3,(H,16,17). The van der Waals surface area contributed by atoms with Crippen molar-refractivity contribution in [1.29, 1.82) is 0 Å². The molecule has 0 aliphatic carbocycles. The van der Waals surface area contributed by atoms with Crippen LogP contribution in [0.25, 0.3) is 0 Å². The number of hydrogen-bond donors (Lipinski definition) is 3. The molecular weight excluding hydrogens is 356 g/mol. The summed E-state index contributed by atoms with van der Waals surface area (Å²) >= 11 is 3.32. The summed E-state index contributed by atoms with van der Waals surface area (Å²) in [7, 11) is -1.69. The lowest BCUT2D eigenvalue weighted by atomic mass is 10.2. The minimum absolute atomic E-state index is 0.238. The quantitative estimate of drug-likeness (QED) is 0.685. The van der Waals surface area contributed by atoms with Gasteiger partial charge < -0.3 is 10.3 Å². The van der Waals surface area contributed by atoms with E-state index in [0.29, 0.717) is 24.0 Å². The van der Waals surface area contributed by atoms with E-state index in [-0.39, 0.29) is 4.90 Å². The summed E-state index contributed by atoms with van der Waals surface area (Å²) in [5.74, 6) is 0.751. The van der Waals surface area contributed by atoms with Crippen LogP contribution in [-0.4, -0.2) is 32.0 Å². The molecule has 0 fully saturated rings. The fraction of sp³-hybridized carbons (Fsp3) is 0.308. The van der Waals surface area contributed by atoms with E-state index >= 15 is 0 Å². The Hall–Kier alpha value is -1.22. The summed E-state index contributed by atoms with van der Waals surface area (Å²) in [6.07, 6.45) is 3.86. The van der Waals surface area contributed by atoms with Gasteiger partial charge in [0.1, 0.15) is 5.82 Å². The molecule has 114 valence electrons. The molecule has 0 aliphatic heterocycles. The Morgan fingerprint density at radius 2 is 2.19 bits per heavy atom. The van der Waals surface area contributed by atoms with Gasteiger partial charge in [-0.1, -0.05) is 6.07 Å². The summed E-state index contributed by atoms with van der Waals surface area (Å²) < 4.78 is 27.7. The third-order valence-electron chi connectivity index (χ3n) is 2.88. The maximum Gasteiger partial charge on any atom is 0.241 e. The SMILES string of the molecule is CNCc1ccc(S(=O)(=O)NCCc2ncc[nH]2)c(Br)c1. The van der Waals surface area contributed by atoms with Gasteiger partial charge in [-0.3, -0.25) is 0 Å². The van der Waals surface area contributed by atoms with Gasteiger partial charge in [-0.25, -0.2) is 18.1 Å². The molecular formula is C13H17BrN4O2S. The van der Waals surface area contributed by atoms with Crippen molar-refractivity contribution in [2.75, 3.05) is 13.6 Å². The third-order valence-corrected chi connectivity index (χ3v) is 5.31. The largest absolute Gasteiger partial charge is 0.349 e. The van der Waals surface area contributed by atoms with Gasteiger partial charge in [0, 0.05) is 36.4 Å². The van der Waals surface area contributed by atoms with Gasteiger partial charge in [-0.2, -0.15) is 0 Å². The average Bonchev–Trinajstić information content (AvgIpc) is 2.92. The third kappa shape index (κ3) is 4.37. The molecule has 0 saturated heterocycles. The van der Waals surface area contributed by atoms with Crippen molar-refractivity contribution >= 4 is 26.0 Å². The molecule has 0 amide bonds. The molecule has 21 heavy (non-hydrogen) atoms. The Labute approximate surface area is 132 Å². The minimum Gasteiger partial charge on any atom is -0.349 e. The lowest BCUT2D eigenvalue weighted by molar-refractivity contribution is 0.580. The van der Waals surface area contributed by atoms with Crippen LogP contribution < -0.4 is 10.0 Å². The molecule has 0 atom stereocenters. The van der Waals surface area contributed by atoms with Crippen molar-refractivity contribution in [3.8, 4) is 0 Å². The highest BCUT2D eigenvalue weighted by atomic mass is 79.9. The number of aromatic amines is 1. The number of hydrogen-bond acceptors (Lipinski definition) is 4. The molecule has 0 spiro atoms. The number of rotatable bonds is 7. The molecule has 8 heteroatoms. The van der Waals surface area contributed by atoms with Crippen molar-refractivity contribution in [3.63, 3.8) is 0 Å². The predicted molar refractivity (Wildman–Crippen MR) is 84.4 cm³/mol. The average molecular weight is 373 g/mol. The Morgan fingerprint density at radius 1 is 1.38 bits per heavy atom. The lowest BCUT2D eigenvalue weighted by Crippen LogP contribution is -2.26. The van der Waals surface area contributed by atoms with E-state index in [1.807, 2.05) is 7.05 Å².